The highest BCUT2D eigenvalue weighted by molar-refractivity contribution is 7.92. The first-order valence-corrected chi connectivity index (χ1v) is 11.0. The first-order chi connectivity index (χ1) is 13.5. The Morgan fingerprint density at radius 2 is 2.11 bits per heavy atom. The SMILES string of the molecule is CON=C1CCN(S(C)(=O)=O)c2ncc(-c3cnc(-c4cccnc4)s3)nc21. The van der Waals surface area contributed by atoms with Crippen molar-refractivity contribution in [1.82, 2.24) is 19.9 Å². The topological polar surface area (TPSA) is 111 Å². The molecule has 4 rings (SSSR count). The molecule has 1 aliphatic rings. The third kappa shape index (κ3) is 3.45. The van der Waals surface area contributed by atoms with Gasteiger partial charge in [-0.3, -0.25) is 9.29 Å². The third-order valence-corrected chi connectivity index (χ3v) is 6.31. The van der Waals surface area contributed by atoms with Gasteiger partial charge in [0.2, 0.25) is 10.0 Å². The van der Waals surface area contributed by atoms with Gasteiger partial charge < -0.3 is 4.84 Å². The lowest BCUT2D eigenvalue weighted by Gasteiger charge is -2.27. The summed E-state index contributed by atoms with van der Waals surface area (Å²) < 4.78 is 25.4. The minimum Gasteiger partial charge on any atom is -0.399 e. The van der Waals surface area contributed by atoms with E-state index in [2.05, 4.69) is 25.1 Å². The van der Waals surface area contributed by atoms with Gasteiger partial charge in [-0.05, 0) is 12.1 Å². The first-order valence-electron chi connectivity index (χ1n) is 8.29. The Labute approximate surface area is 165 Å². The van der Waals surface area contributed by atoms with Crippen LogP contribution in [0.4, 0.5) is 5.82 Å². The Morgan fingerprint density at radius 3 is 2.82 bits per heavy atom. The molecule has 0 spiro atoms. The molecule has 144 valence electrons. The van der Waals surface area contributed by atoms with Gasteiger partial charge in [0.05, 0.1) is 17.3 Å². The van der Waals surface area contributed by atoms with Crippen molar-refractivity contribution in [2.75, 3.05) is 24.2 Å². The van der Waals surface area contributed by atoms with Crippen molar-refractivity contribution in [1.29, 1.82) is 0 Å². The zero-order valence-corrected chi connectivity index (χ0v) is 16.7. The number of hydrogen-bond donors (Lipinski definition) is 0. The van der Waals surface area contributed by atoms with Gasteiger partial charge in [-0.15, -0.1) is 11.3 Å². The number of pyridine rings is 1. The van der Waals surface area contributed by atoms with Crippen molar-refractivity contribution in [3.8, 4) is 21.1 Å². The van der Waals surface area contributed by atoms with E-state index < -0.39 is 10.0 Å². The van der Waals surface area contributed by atoms with E-state index in [1.54, 1.807) is 24.8 Å². The molecule has 0 aliphatic carbocycles. The van der Waals surface area contributed by atoms with Gasteiger partial charge in [-0.1, -0.05) is 5.16 Å². The van der Waals surface area contributed by atoms with Crippen molar-refractivity contribution in [3.05, 3.63) is 42.6 Å². The van der Waals surface area contributed by atoms with Gasteiger partial charge in [0.15, 0.2) is 5.82 Å². The highest BCUT2D eigenvalue weighted by atomic mass is 32.2. The van der Waals surface area contributed by atoms with E-state index in [9.17, 15) is 8.42 Å². The zero-order valence-electron chi connectivity index (χ0n) is 15.1. The number of fused-ring (bicyclic) bond motifs is 1. The summed E-state index contributed by atoms with van der Waals surface area (Å²) in [6, 6.07) is 3.78. The van der Waals surface area contributed by atoms with Crippen molar-refractivity contribution < 1.29 is 13.3 Å². The lowest BCUT2D eigenvalue weighted by Crippen LogP contribution is -2.38. The molecular formula is C17H16N6O3S2. The predicted molar refractivity (Wildman–Crippen MR) is 107 cm³/mol. The maximum absolute atomic E-state index is 12.1. The van der Waals surface area contributed by atoms with Crippen LogP contribution in [-0.2, 0) is 14.9 Å². The van der Waals surface area contributed by atoms with Gasteiger partial charge in [0.1, 0.15) is 29.2 Å². The van der Waals surface area contributed by atoms with Crippen LogP contribution in [0, 0.1) is 0 Å². The quantitative estimate of drug-likeness (QED) is 0.599. The van der Waals surface area contributed by atoms with Crippen LogP contribution in [0.25, 0.3) is 21.1 Å². The minimum absolute atomic E-state index is 0.244. The molecule has 0 aromatic carbocycles. The maximum atomic E-state index is 12.1. The lowest BCUT2D eigenvalue weighted by molar-refractivity contribution is 0.212. The summed E-state index contributed by atoms with van der Waals surface area (Å²) in [5.41, 5.74) is 2.45. The monoisotopic (exact) mass is 416 g/mol. The van der Waals surface area contributed by atoms with Crippen LogP contribution in [0.3, 0.4) is 0 Å². The van der Waals surface area contributed by atoms with Gasteiger partial charge in [-0.2, -0.15) is 0 Å². The van der Waals surface area contributed by atoms with Gasteiger partial charge in [0.25, 0.3) is 0 Å². The summed E-state index contributed by atoms with van der Waals surface area (Å²) in [6.45, 7) is 0.244. The predicted octanol–water partition coefficient (Wildman–Crippen LogP) is 2.18. The number of sulfonamides is 1. The molecule has 0 amide bonds. The standard InChI is InChI=1S/C17H16N6O3S2/c1-26-22-12-5-7-23(28(2,24)25)16-15(12)21-13(9-19-16)14-10-20-17(27-14)11-4-3-6-18-8-11/h3-4,6,8-10H,5,7H2,1-2H3. The molecule has 0 N–H and O–H groups in total. The average molecular weight is 416 g/mol. The Morgan fingerprint density at radius 1 is 1.25 bits per heavy atom. The number of anilines is 1. The summed E-state index contributed by atoms with van der Waals surface area (Å²) in [7, 11) is -2.03. The van der Waals surface area contributed by atoms with Crippen molar-refractivity contribution in [2.45, 2.75) is 6.42 Å². The number of nitrogens with zero attached hydrogens (tertiary/aromatic N) is 6. The van der Waals surface area contributed by atoms with Crippen LogP contribution in [0.5, 0.6) is 0 Å². The second kappa shape index (κ2) is 7.24. The molecular weight excluding hydrogens is 400 g/mol. The van der Waals surface area contributed by atoms with Crippen molar-refractivity contribution in [3.63, 3.8) is 0 Å². The van der Waals surface area contributed by atoms with Gasteiger partial charge >= 0.3 is 0 Å². The first kappa shape index (κ1) is 18.4. The van der Waals surface area contributed by atoms with Crippen LogP contribution in [0.15, 0.2) is 42.1 Å². The summed E-state index contributed by atoms with van der Waals surface area (Å²) >= 11 is 1.45. The van der Waals surface area contributed by atoms with Crippen LogP contribution < -0.4 is 4.31 Å². The molecule has 11 heteroatoms. The number of thiazole rings is 1. The van der Waals surface area contributed by atoms with Crippen LogP contribution in [0.2, 0.25) is 0 Å². The molecule has 0 atom stereocenters. The number of rotatable bonds is 4. The molecule has 0 bridgehead atoms. The molecule has 0 unspecified atom stereocenters. The van der Waals surface area contributed by atoms with Gasteiger partial charge in [-0.25, -0.2) is 23.4 Å². The fourth-order valence-electron chi connectivity index (χ4n) is 2.85. The lowest BCUT2D eigenvalue weighted by atomic mass is 10.1. The highest BCUT2D eigenvalue weighted by Crippen LogP contribution is 2.33. The van der Waals surface area contributed by atoms with E-state index in [0.29, 0.717) is 23.5 Å². The van der Waals surface area contributed by atoms with E-state index in [0.717, 1.165) is 21.7 Å². The molecule has 3 aromatic rings. The second-order valence-corrected chi connectivity index (χ2v) is 8.94. The Hall–Kier alpha value is -2.92. The molecule has 28 heavy (non-hydrogen) atoms. The van der Waals surface area contributed by atoms with Crippen molar-refractivity contribution in [2.24, 2.45) is 5.16 Å². The smallest absolute Gasteiger partial charge is 0.233 e. The summed E-state index contributed by atoms with van der Waals surface area (Å²) in [6.07, 6.45) is 8.25. The normalized spacial score (nSPS) is 15.5. The van der Waals surface area contributed by atoms with E-state index in [1.165, 1.54) is 22.8 Å². The maximum Gasteiger partial charge on any atom is 0.233 e. The van der Waals surface area contributed by atoms with Gasteiger partial charge in [0, 0.05) is 37.1 Å². The molecule has 0 radical (unpaired) electrons. The molecule has 0 fully saturated rings. The molecule has 9 nitrogen and oxygen atoms in total. The number of hydrogen-bond acceptors (Lipinski definition) is 9. The molecule has 4 heterocycles. The minimum atomic E-state index is -3.47. The summed E-state index contributed by atoms with van der Waals surface area (Å²) in [5, 5.41) is 4.81. The third-order valence-electron chi connectivity index (χ3n) is 4.08. The Kier molecular flexibility index (Phi) is 4.77. The Bertz CT molecular complexity index is 1140. The van der Waals surface area contributed by atoms with E-state index in [-0.39, 0.29) is 12.4 Å². The average Bonchev–Trinajstić information content (AvgIpc) is 3.18. The zero-order chi connectivity index (χ0) is 19.7. The second-order valence-electron chi connectivity index (χ2n) is 6.00. The number of aromatic nitrogens is 4. The molecule has 1 aliphatic heterocycles. The van der Waals surface area contributed by atoms with E-state index in [1.807, 2.05) is 12.1 Å². The fraction of sp³-hybridized carbons (Fsp3) is 0.235. The van der Waals surface area contributed by atoms with Crippen LogP contribution in [0.1, 0.15) is 12.1 Å². The Balaban J connectivity index is 1.78. The summed E-state index contributed by atoms with van der Waals surface area (Å²) in [4.78, 5) is 23.3. The molecule has 0 saturated heterocycles. The highest BCUT2D eigenvalue weighted by Gasteiger charge is 2.31. The van der Waals surface area contributed by atoms with E-state index in [4.69, 9.17) is 4.84 Å². The molecule has 3 aromatic heterocycles. The van der Waals surface area contributed by atoms with E-state index >= 15 is 0 Å². The number of oxime groups is 1. The molecule has 0 saturated carbocycles. The van der Waals surface area contributed by atoms with Crippen LogP contribution >= 0.6 is 11.3 Å². The largest absolute Gasteiger partial charge is 0.399 e. The van der Waals surface area contributed by atoms with Crippen molar-refractivity contribution >= 4 is 32.9 Å². The fourth-order valence-corrected chi connectivity index (χ4v) is 4.58. The summed E-state index contributed by atoms with van der Waals surface area (Å²) in [5.74, 6) is 0.255. The van der Waals surface area contributed by atoms with Crippen LogP contribution in [-0.4, -0.2) is 54.0 Å².